The molecule has 0 radical (unpaired) electrons. The van der Waals surface area contributed by atoms with Gasteiger partial charge in [-0.2, -0.15) is 0 Å². The van der Waals surface area contributed by atoms with Crippen molar-refractivity contribution < 1.29 is 0 Å². The minimum absolute atomic E-state index is 0.0919. The molecule has 3 heteroatoms. The zero-order chi connectivity index (χ0) is 9.61. The van der Waals surface area contributed by atoms with Crippen LogP contribution in [0.5, 0.6) is 0 Å². The third-order valence-corrected chi connectivity index (χ3v) is 2.01. The lowest BCUT2D eigenvalue weighted by Gasteiger charge is -2.20. The van der Waals surface area contributed by atoms with Crippen molar-refractivity contribution in [3.8, 4) is 0 Å². The van der Waals surface area contributed by atoms with E-state index in [1.165, 1.54) is 0 Å². The van der Waals surface area contributed by atoms with Crippen molar-refractivity contribution in [2.75, 3.05) is 0 Å². The Morgan fingerprint density at radius 1 is 1.67 bits per heavy atom. The van der Waals surface area contributed by atoms with E-state index < -0.39 is 0 Å². The molecule has 0 heterocycles. The zero-order valence-electron chi connectivity index (χ0n) is 8.12. The van der Waals surface area contributed by atoms with Crippen LogP contribution in [0.1, 0.15) is 33.6 Å². The zero-order valence-corrected chi connectivity index (χ0v) is 8.12. The van der Waals surface area contributed by atoms with Crippen molar-refractivity contribution in [1.29, 1.82) is 0 Å². The molecular formula is C9H17N3. The monoisotopic (exact) mass is 167 g/mol. The molecule has 0 aromatic carbocycles. The van der Waals surface area contributed by atoms with Crippen LogP contribution < -0.4 is 0 Å². The summed E-state index contributed by atoms with van der Waals surface area (Å²) in [7, 11) is 0. The number of nitrogens with zero attached hydrogens (tertiary/aromatic N) is 3. The number of azide groups is 1. The largest absolute Gasteiger partial charge is 0.103 e. The minimum atomic E-state index is 0.0919. The van der Waals surface area contributed by atoms with Crippen molar-refractivity contribution in [1.82, 2.24) is 0 Å². The van der Waals surface area contributed by atoms with Gasteiger partial charge in [0.25, 0.3) is 0 Å². The van der Waals surface area contributed by atoms with Gasteiger partial charge in [0, 0.05) is 11.0 Å². The van der Waals surface area contributed by atoms with Crippen LogP contribution in [0.3, 0.4) is 0 Å². The lowest BCUT2D eigenvalue weighted by molar-refractivity contribution is 0.404. The summed E-state index contributed by atoms with van der Waals surface area (Å²) in [6.45, 7) is 9.94. The van der Waals surface area contributed by atoms with E-state index in [0.29, 0.717) is 0 Å². The van der Waals surface area contributed by atoms with Gasteiger partial charge in [-0.05, 0) is 23.8 Å². The Morgan fingerprint density at radius 3 is 2.67 bits per heavy atom. The number of hydrogen-bond acceptors (Lipinski definition) is 1. The second-order valence-corrected chi connectivity index (χ2v) is 3.79. The molecule has 0 saturated carbocycles. The fourth-order valence-corrected chi connectivity index (χ4v) is 0.829. The Balaban J connectivity index is 3.82. The van der Waals surface area contributed by atoms with Gasteiger partial charge in [0.05, 0.1) is 0 Å². The molecular weight excluding hydrogens is 150 g/mol. The van der Waals surface area contributed by atoms with Crippen LogP contribution in [-0.2, 0) is 0 Å². The van der Waals surface area contributed by atoms with Gasteiger partial charge >= 0.3 is 0 Å². The summed E-state index contributed by atoms with van der Waals surface area (Å²) >= 11 is 0. The van der Waals surface area contributed by atoms with Crippen molar-refractivity contribution in [3.05, 3.63) is 23.1 Å². The van der Waals surface area contributed by atoms with Crippen LogP contribution in [0.25, 0.3) is 10.4 Å². The molecule has 0 amide bonds. The molecule has 0 N–H and O–H groups in total. The van der Waals surface area contributed by atoms with E-state index in [-0.39, 0.29) is 11.5 Å². The molecule has 0 aliphatic carbocycles. The summed E-state index contributed by atoms with van der Waals surface area (Å²) in [5.41, 5.74) is 8.31. The molecule has 0 aromatic heterocycles. The average molecular weight is 167 g/mol. The van der Waals surface area contributed by atoms with E-state index >= 15 is 0 Å². The molecule has 0 fully saturated rings. The standard InChI is InChI=1S/C9H17N3/c1-5-9(3,4)7-6-8(2)11-12-10/h5,8H,1,6-7H2,2-4H3/t8-/m0/s1. The van der Waals surface area contributed by atoms with E-state index in [4.69, 9.17) is 5.53 Å². The maximum absolute atomic E-state index is 8.16. The first-order valence-corrected chi connectivity index (χ1v) is 4.19. The van der Waals surface area contributed by atoms with Gasteiger partial charge in [0.1, 0.15) is 0 Å². The van der Waals surface area contributed by atoms with Gasteiger partial charge in [-0.1, -0.05) is 32.0 Å². The number of rotatable bonds is 5. The van der Waals surface area contributed by atoms with Crippen LogP contribution in [-0.4, -0.2) is 6.04 Å². The average Bonchev–Trinajstić information content (AvgIpc) is 2.02. The van der Waals surface area contributed by atoms with Crippen LogP contribution in [0.2, 0.25) is 0 Å². The van der Waals surface area contributed by atoms with Crippen LogP contribution in [0, 0.1) is 5.41 Å². The first-order chi connectivity index (χ1) is 5.52. The van der Waals surface area contributed by atoms with E-state index in [1.807, 2.05) is 13.0 Å². The predicted molar refractivity (Wildman–Crippen MR) is 51.8 cm³/mol. The van der Waals surface area contributed by atoms with Crippen LogP contribution >= 0.6 is 0 Å². The first kappa shape index (κ1) is 11.1. The maximum atomic E-state index is 8.16. The van der Waals surface area contributed by atoms with E-state index in [9.17, 15) is 0 Å². The number of hydrogen-bond donors (Lipinski definition) is 0. The molecule has 0 aliphatic rings. The quantitative estimate of drug-likeness (QED) is 0.259. The molecule has 12 heavy (non-hydrogen) atoms. The molecule has 0 unspecified atom stereocenters. The SMILES string of the molecule is C=CC(C)(C)CC[C@H](C)N=[N+]=[N-]. The molecule has 3 nitrogen and oxygen atoms in total. The van der Waals surface area contributed by atoms with Gasteiger partial charge in [0.2, 0.25) is 0 Å². The summed E-state index contributed by atoms with van der Waals surface area (Å²) in [5.74, 6) is 0. The van der Waals surface area contributed by atoms with E-state index in [2.05, 4.69) is 30.5 Å². The minimum Gasteiger partial charge on any atom is -0.103 e. The van der Waals surface area contributed by atoms with Crippen molar-refractivity contribution in [2.45, 2.75) is 39.7 Å². The van der Waals surface area contributed by atoms with Gasteiger partial charge < -0.3 is 0 Å². The Hall–Kier alpha value is -0.950. The van der Waals surface area contributed by atoms with Gasteiger partial charge in [-0.25, -0.2) is 0 Å². The van der Waals surface area contributed by atoms with E-state index in [1.54, 1.807) is 0 Å². The molecule has 1 atom stereocenters. The van der Waals surface area contributed by atoms with E-state index in [0.717, 1.165) is 12.8 Å². The molecule has 0 rings (SSSR count). The molecule has 0 saturated heterocycles. The van der Waals surface area contributed by atoms with Gasteiger partial charge in [0.15, 0.2) is 0 Å². The predicted octanol–water partition coefficient (Wildman–Crippen LogP) is 3.68. The normalized spacial score (nSPS) is 13.2. The smallest absolute Gasteiger partial charge is 0.0346 e. The van der Waals surface area contributed by atoms with Crippen molar-refractivity contribution in [2.24, 2.45) is 10.5 Å². The van der Waals surface area contributed by atoms with Crippen LogP contribution in [0.4, 0.5) is 0 Å². The summed E-state index contributed by atoms with van der Waals surface area (Å²) in [6, 6.07) is 0.0919. The highest BCUT2D eigenvalue weighted by atomic mass is 15.1. The van der Waals surface area contributed by atoms with Gasteiger partial charge in [-0.15, -0.1) is 6.58 Å². The molecule has 0 aromatic rings. The molecule has 0 bridgehead atoms. The third-order valence-electron chi connectivity index (χ3n) is 2.01. The third kappa shape index (κ3) is 4.80. The number of allylic oxidation sites excluding steroid dienone is 1. The highest BCUT2D eigenvalue weighted by Gasteiger charge is 2.13. The Morgan fingerprint density at radius 2 is 2.25 bits per heavy atom. The fourth-order valence-electron chi connectivity index (χ4n) is 0.829. The highest BCUT2D eigenvalue weighted by molar-refractivity contribution is 4.87. The maximum Gasteiger partial charge on any atom is 0.0346 e. The Labute approximate surface area is 74.1 Å². The van der Waals surface area contributed by atoms with Crippen LogP contribution in [0.15, 0.2) is 17.8 Å². The lowest BCUT2D eigenvalue weighted by Crippen LogP contribution is -2.10. The van der Waals surface area contributed by atoms with Crippen molar-refractivity contribution in [3.63, 3.8) is 0 Å². The summed E-state index contributed by atoms with van der Waals surface area (Å²) in [6.07, 6.45) is 3.87. The second-order valence-electron chi connectivity index (χ2n) is 3.79. The summed E-state index contributed by atoms with van der Waals surface area (Å²) in [4.78, 5) is 2.76. The summed E-state index contributed by atoms with van der Waals surface area (Å²) < 4.78 is 0. The lowest BCUT2D eigenvalue weighted by atomic mass is 9.87. The second kappa shape index (κ2) is 4.83. The fraction of sp³-hybridized carbons (Fsp3) is 0.778. The molecule has 0 spiro atoms. The Kier molecular flexibility index (Phi) is 4.45. The molecule has 0 aliphatic heterocycles. The topological polar surface area (TPSA) is 48.8 Å². The first-order valence-electron chi connectivity index (χ1n) is 4.19. The Bertz CT molecular complexity index is 190. The highest BCUT2D eigenvalue weighted by Crippen LogP contribution is 2.24. The summed E-state index contributed by atoms with van der Waals surface area (Å²) in [5, 5.41) is 3.61. The van der Waals surface area contributed by atoms with Crippen molar-refractivity contribution >= 4 is 0 Å². The van der Waals surface area contributed by atoms with Gasteiger partial charge in [-0.3, -0.25) is 0 Å². The molecule has 68 valence electrons.